The molecule has 2 rings (SSSR count). The highest BCUT2D eigenvalue weighted by Gasteiger charge is 2.05. The van der Waals surface area contributed by atoms with Crippen LogP contribution in [0.4, 0.5) is 5.69 Å². The lowest BCUT2D eigenvalue weighted by Gasteiger charge is -2.09. The normalized spacial score (nSPS) is 10.0. The van der Waals surface area contributed by atoms with E-state index in [4.69, 9.17) is 19.9 Å². The van der Waals surface area contributed by atoms with Crippen LogP contribution in [-0.2, 0) is 0 Å². The van der Waals surface area contributed by atoms with Gasteiger partial charge in [0, 0.05) is 6.07 Å². The molecule has 0 fully saturated rings. The molecule has 0 aliphatic rings. The average molecular weight is 260 g/mol. The molecule has 0 saturated carbocycles. The Labute approximate surface area is 111 Å². The Morgan fingerprint density at radius 3 is 2.37 bits per heavy atom. The van der Waals surface area contributed by atoms with Gasteiger partial charge in [0.2, 0.25) is 11.8 Å². The first kappa shape index (κ1) is 13.0. The first-order chi connectivity index (χ1) is 9.22. The van der Waals surface area contributed by atoms with Gasteiger partial charge in [-0.3, -0.25) is 0 Å². The van der Waals surface area contributed by atoms with Crippen molar-refractivity contribution in [3.63, 3.8) is 0 Å². The molecule has 19 heavy (non-hydrogen) atoms. The lowest BCUT2D eigenvalue weighted by atomic mass is 10.3. The van der Waals surface area contributed by atoms with E-state index in [9.17, 15) is 0 Å². The van der Waals surface area contributed by atoms with E-state index in [1.54, 1.807) is 31.4 Å². The fraction of sp³-hybridized carbons (Fsp3) is 0.214. The molecule has 0 saturated heterocycles. The van der Waals surface area contributed by atoms with Crippen LogP contribution in [0.1, 0.15) is 6.92 Å². The maximum absolute atomic E-state index is 5.75. The molecule has 0 aliphatic carbocycles. The van der Waals surface area contributed by atoms with Crippen molar-refractivity contribution in [3.05, 3.63) is 36.4 Å². The number of hydrogen-bond acceptors (Lipinski definition) is 5. The maximum atomic E-state index is 5.75. The van der Waals surface area contributed by atoms with Gasteiger partial charge in [-0.25, -0.2) is 0 Å². The van der Waals surface area contributed by atoms with Crippen molar-refractivity contribution in [2.45, 2.75) is 6.92 Å². The highest BCUT2D eigenvalue weighted by atomic mass is 16.5. The number of nitrogens with two attached hydrogens (primary N) is 1. The van der Waals surface area contributed by atoms with Crippen molar-refractivity contribution in [3.8, 4) is 23.3 Å². The van der Waals surface area contributed by atoms with Gasteiger partial charge < -0.3 is 19.9 Å². The predicted molar refractivity (Wildman–Crippen MR) is 72.9 cm³/mol. The smallest absolute Gasteiger partial charge is 0.240 e. The van der Waals surface area contributed by atoms with Gasteiger partial charge in [0.15, 0.2) is 0 Å². The molecule has 0 atom stereocenters. The van der Waals surface area contributed by atoms with E-state index in [0.717, 1.165) is 5.75 Å². The van der Waals surface area contributed by atoms with E-state index >= 15 is 0 Å². The number of ether oxygens (including phenoxy) is 3. The number of hydrogen-bond donors (Lipinski definition) is 1. The molecule has 1 aromatic heterocycles. The van der Waals surface area contributed by atoms with Gasteiger partial charge in [-0.05, 0) is 37.3 Å². The second kappa shape index (κ2) is 5.95. The summed E-state index contributed by atoms with van der Waals surface area (Å²) in [5, 5.41) is 0. The fourth-order valence-electron chi connectivity index (χ4n) is 1.51. The molecule has 1 heterocycles. The number of nitrogens with zero attached hydrogens (tertiary/aromatic N) is 1. The van der Waals surface area contributed by atoms with E-state index < -0.39 is 0 Å². The summed E-state index contributed by atoms with van der Waals surface area (Å²) in [4.78, 5) is 4.20. The number of pyridine rings is 1. The minimum atomic E-state index is 0.383. The second-order valence-electron chi connectivity index (χ2n) is 3.75. The highest BCUT2D eigenvalue weighted by Crippen LogP contribution is 2.26. The Bertz CT molecular complexity index is 541. The Morgan fingerprint density at radius 1 is 1.05 bits per heavy atom. The standard InChI is InChI=1S/C14H16N2O3/c1-3-18-14-12(15)8-9-13(16-14)19-11-6-4-10(17-2)5-7-11/h4-9H,3,15H2,1-2H3. The first-order valence-electron chi connectivity index (χ1n) is 5.94. The van der Waals surface area contributed by atoms with E-state index in [1.807, 2.05) is 19.1 Å². The van der Waals surface area contributed by atoms with Crippen molar-refractivity contribution in [2.75, 3.05) is 19.5 Å². The second-order valence-corrected chi connectivity index (χ2v) is 3.75. The first-order valence-corrected chi connectivity index (χ1v) is 5.94. The van der Waals surface area contributed by atoms with Crippen LogP contribution >= 0.6 is 0 Å². The van der Waals surface area contributed by atoms with Crippen LogP contribution < -0.4 is 19.9 Å². The number of benzene rings is 1. The summed E-state index contributed by atoms with van der Waals surface area (Å²) in [6.45, 7) is 2.38. The predicted octanol–water partition coefficient (Wildman–Crippen LogP) is 2.86. The average Bonchev–Trinajstić information content (AvgIpc) is 2.44. The zero-order valence-electron chi connectivity index (χ0n) is 10.9. The van der Waals surface area contributed by atoms with Gasteiger partial charge in [-0.2, -0.15) is 4.98 Å². The lowest BCUT2D eigenvalue weighted by molar-refractivity contribution is 0.323. The molecule has 0 aliphatic heterocycles. The summed E-state index contributed by atoms with van der Waals surface area (Å²) in [5.74, 6) is 2.25. The summed E-state index contributed by atoms with van der Waals surface area (Å²) in [7, 11) is 1.62. The van der Waals surface area contributed by atoms with Gasteiger partial charge in [-0.15, -0.1) is 0 Å². The van der Waals surface area contributed by atoms with Gasteiger partial charge in [0.25, 0.3) is 0 Å². The van der Waals surface area contributed by atoms with E-state index in [1.165, 1.54) is 0 Å². The topological polar surface area (TPSA) is 66.6 Å². The number of rotatable bonds is 5. The summed E-state index contributed by atoms with van der Waals surface area (Å²) in [6.07, 6.45) is 0. The van der Waals surface area contributed by atoms with Crippen LogP contribution in [0.15, 0.2) is 36.4 Å². The van der Waals surface area contributed by atoms with Crippen LogP contribution in [0.5, 0.6) is 23.3 Å². The summed E-state index contributed by atoms with van der Waals surface area (Å²) >= 11 is 0. The molecule has 0 amide bonds. The van der Waals surface area contributed by atoms with Crippen LogP contribution in [0.25, 0.3) is 0 Å². The molecule has 2 aromatic rings. The molecule has 0 radical (unpaired) electrons. The number of methoxy groups -OCH3 is 1. The van der Waals surface area contributed by atoms with E-state index in [2.05, 4.69) is 4.98 Å². The quantitative estimate of drug-likeness (QED) is 0.895. The Balaban J connectivity index is 2.15. The SMILES string of the molecule is CCOc1nc(Oc2ccc(OC)cc2)ccc1N. The van der Waals surface area contributed by atoms with Gasteiger partial charge in [0.05, 0.1) is 19.4 Å². The van der Waals surface area contributed by atoms with Crippen molar-refractivity contribution in [2.24, 2.45) is 0 Å². The molecule has 5 heteroatoms. The van der Waals surface area contributed by atoms with E-state index in [0.29, 0.717) is 29.8 Å². The summed E-state index contributed by atoms with van der Waals surface area (Å²) < 4.78 is 16.0. The van der Waals surface area contributed by atoms with Crippen LogP contribution in [0.3, 0.4) is 0 Å². The summed E-state index contributed by atoms with van der Waals surface area (Å²) in [6, 6.07) is 10.6. The molecule has 1 aromatic carbocycles. The number of nitrogen functional groups attached to an aromatic ring is 1. The third-order valence-electron chi connectivity index (χ3n) is 2.43. The van der Waals surface area contributed by atoms with E-state index in [-0.39, 0.29) is 0 Å². The summed E-state index contributed by atoms with van der Waals surface area (Å²) in [5.41, 5.74) is 6.24. The minimum absolute atomic E-state index is 0.383. The highest BCUT2D eigenvalue weighted by molar-refractivity contribution is 5.49. The van der Waals surface area contributed by atoms with Crippen molar-refractivity contribution < 1.29 is 14.2 Å². The molecule has 0 bridgehead atoms. The molecule has 2 N–H and O–H groups in total. The van der Waals surface area contributed by atoms with Crippen LogP contribution in [0.2, 0.25) is 0 Å². The number of anilines is 1. The monoisotopic (exact) mass is 260 g/mol. The molecule has 0 spiro atoms. The fourth-order valence-corrected chi connectivity index (χ4v) is 1.51. The molecular formula is C14H16N2O3. The largest absolute Gasteiger partial charge is 0.497 e. The molecular weight excluding hydrogens is 244 g/mol. The van der Waals surface area contributed by atoms with Crippen molar-refractivity contribution in [1.82, 2.24) is 4.98 Å². The van der Waals surface area contributed by atoms with Crippen LogP contribution in [-0.4, -0.2) is 18.7 Å². The molecule has 0 unspecified atom stereocenters. The maximum Gasteiger partial charge on any atom is 0.240 e. The lowest BCUT2D eigenvalue weighted by Crippen LogP contribution is -2.00. The third-order valence-corrected chi connectivity index (χ3v) is 2.43. The van der Waals surface area contributed by atoms with Gasteiger partial charge in [0.1, 0.15) is 11.5 Å². The minimum Gasteiger partial charge on any atom is -0.497 e. The Morgan fingerprint density at radius 2 is 1.74 bits per heavy atom. The number of aromatic nitrogens is 1. The Kier molecular flexibility index (Phi) is 4.07. The van der Waals surface area contributed by atoms with Gasteiger partial charge >= 0.3 is 0 Å². The van der Waals surface area contributed by atoms with Crippen molar-refractivity contribution in [1.29, 1.82) is 0 Å². The van der Waals surface area contributed by atoms with Crippen LogP contribution in [0, 0.1) is 0 Å². The van der Waals surface area contributed by atoms with Crippen molar-refractivity contribution >= 4 is 5.69 Å². The molecule has 100 valence electrons. The molecule has 5 nitrogen and oxygen atoms in total. The zero-order chi connectivity index (χ0) is 13.7. The van der Waals surface area contributed by atoms with Gasteiger partial charge in [-0.1, -0.05) is 0 Å². The zero-order valence-corrected chi connectivity index (χ0v) is 10.9. The Hall–Kier alpha value is -2.43. The third kappa shape index (κ3) is 3.28.